The van der Waals surface area contributed by atoms with Crippen molar-refractivity contribution in [3.05, 3.63) is 82.9 Å². The first kappa shape index (κ1) is 29.7. The lowest BCUT2D eigenvalue weighted by Gasteiger charge is -2.47. The van der Waals surface area contributed by atoms with Crippen molar-refractivity contribution in [2.45, 2.75) is 68.5 Å². The summed E-state index contributed by atoms with van der Waals surface area (Å²) in [5.41, 5.74) is 4.16. The van der Waals surface area contributed by atoms with Gasteiger partial charge in [-0.25, -0.2) is 8.42 Å². The Hall–Kier alpha value is -3.40. The van der Waals surface area contributed by atoms with Crippen molar-refractivity contribution >= 4 is 15.7 Å². The van der Waals surface area contributed by atoms with Gasteiger partial charge in [-0.1, -0.05) is 24.3 Å². The van der Waals surface area contributed by atoms with E-state index in [0.29, 0.717) is 23.6 Å². The van der Waals surface area contributed by atoms with Gasteiger partial charge in [-0.2, -0.15) is 0 Å². The van der Waals surface area contributed by atoms with Gasteiger partial charge in [0, 0.05) is 62.5 Å². The highest BCUT2D eigenvalue weighted by molar-refractivity contribution is 7.91. The number of piperidine rings is 1. The van der Waals surface area contributed by atoms with Crippen LogP contribution in [0.1, 0.15) is 59.8 Å². The van der Waals surface area contributed by atoms with Crippen LogP contribution in [0, 0.1) is 13.8 Å². The van der Waals surface area contributed by atoms with Crippen molar-refractivity contribution in [2.24, 2.45) is 0 Å². The van der Waals surface area contributed by atoms with Gasteiger partial charge in [0.05, 0.1) is 9.79 Å². The molecule has 2 atom stereocenters. The van der Waals surface area contributed by atoms with Crippen LogP contribution in [-0.2, 0) is 9.84 Å². The van der Waals surface area contributed by atoms with Crippen molar-refractivity contribution in [1.29, 1.82) is 0 Å². The lowest BCUT2D eigenvalue weighted by Crippen LogP contribution is -2.57. The van der Waals surface area contributed by atoms with Crippen molar-refractivity contribution in [1.82, 2.24) is 14.7 Å². The third kappa shape index (κ3) is 5.78. The maximum atomic E-state index is 13.3. The fourth-order valence-electron chi connectivity index (χ4n) is 6.79. The van der Waals surface area contributed by atoms with Crippen molar-refractivity contribution in [3.8, 4) is 11.5 Å². The minimum absolute atomic E-state index is 0.104. The maximum Gasteiger partial charge on any atom is 0.254 e. The second-order valence-corrected chi connectivity index (χ2v) is 14.1. The Morgan fingerprint density at radius 2 is 1.58 bits per heavy atom. The van der Waals surface area contributed by atoms with Crippen LogP contribution in [0.25, 0.3) is 0 Å². The zero-order chi connectivity index (χ0) is 30.3. The molecule has 3 aliphatic heterocycles. The number of nitrogens with zero attached hydrogens (tertiary/aromatic N) is 3. The molecule has 3 aromatic carbocycles. The minimum Gasteiger partial charge on any atom is -0.454 e. The van der Waals surface area contributed by atoms with E-state index in [2.05, 4.69) is 36.6 Å². The van der Waals surface area contributed by atoms with Crippen molar-refractivity contribution in [3.63, 3.8) is 0 Å². The molecule has 0 aromatic heterocycles. The van der Waals surface area contributed by atoms with Gasteiger partial charge in [-0.15, -0.1) is 0 Å². The summed E-state index contributed by atoms with van der Waals surface area (Å²) < 4.78 is 37.2. The number of benzene rings is 3. The van der Waals surface area contributed by atoms with E-state index in [1.165, 1.54) is 6.07 Å². The second kappa shape index (κ2) is 11.9. The Morgan fingerprint density at radius 3 is 2.30 bits per heavy atom. The van der Waals surface area contributed by atoms with Crippen LogP contribution in [0.2, 0.25) is 0 Å². The molecular weight excluding hydrogens is 562 g/mol. The van der Waals surface area contributed by atoms with Crippen LogP contribution in [0.5, 0.6) is 11.5 Å². The number of sulfone groups is 1. The first-order chi connectivity index (χ1) is 20.6. The monoisotopic (exact) mass is 603 g/mol. The Kier molecular flexibility index (Phi) is 8.24. The lowest BCUT2D eigenvalue weighted by molar-refractivity contribution is 0.0135. The number of likely N-dealkylation sites (tertiary alicyclic amines) is 1. The fraction of sp³-hybridized carbons (Fsp3) is 0.441. The standard InChI is InChI=1S/C34H41N3O5S/c1-23-6-5-7-31(25(23)3)34(38)35-16-14-28(15-17-35)36-18-19-37(24(2)21-36)26(4)27-8-10-29(11-9-27)43(39,40)30-12-13-32-33(20-30)42-22-41-32/h5-13,20,24,26,28H,14-19,21-22H2,1-4H3/t24-,26+/m1/s1. The molecule has 2 fully saturated rings. The average Bonchev–Trinajstić information content (AvgIpc) is 3.50. The van der Waals surface area contributed by atoms with E-state index in [4.69, 9.17) is 9.47 Å². The summed E-state index contributed by atoms with van der Waals surface area (Å²) in [6.45, 7) is 13.2. The highest BCUT2D eigenvalue weighted by Crippen LogP contribution is 2.36. The Labute approximate surface area is 255 Å². The molecule has 0 radical (unpaired) electrons. The van der Waals surface area contributed by atoms with Gasteiger partial charge in [-0.05, 0) is 87.6 Å². The molecule has 9 heteroatoms. The lowest BCUT2D eigenvalue weighted by atomic mass is 9.97. The second-order valence-electron chi connectivity index (χ2n) is 12.1. The smallest absolute Gasteiger partial charge is 0.254 e. The van der Waals surface area contributed by atoms with E-state index in [1.54, 1.807) is 24.3 Å². The van der Waals surface area contributed by atoms with Crippen LogP contribution in [-0.4, -0.2) is 80.6 Å². The van der Waals surface area contributed by atoms with E-state index >= 15 is 0 Å². The summed E-state index contributed by atoms with van der Waals surface area (Å²) in [6, 6.07) is 19.0. The number of hydrogen-bond acceptors (Lipinski definition) is 7. The number of hydrogen-bond donors (Lipinski definition) is 0. The van der Waals surface area contributed by atoms with Crippen LogP contribution < -0.4 is 9.47 Å². The summed E-state index contributed by atoms with van der Waals surface area (Å²) in [7, 11) is -3.67. The third-order valence-electron chi connectivity index (χ3n) is 9.64. The quantitative estimate of drug-likeness (QED) is 0.382. The highest BCUT2D eigenvalue weighted by atomic mass is 32.2. The SMILES string of the molecule is Cc1cccc(C(=O)N2CCC(N3CCN([C@@H](C)c4ccc(S(=O)(=O)c5ccc6c(c5)OCO6)cc4)[C@H](C)C3)CC2)c1C. The van der Waals surface area contributed by atoms with Gasteiger partial charge in [-0.3, -0.25) is 14.6 Å². The summed E-state index contributed by atoms with van der Waals surface area (Å²) in [5, 5.41) is 0. The number of aryl methyl sites for hydroxylation is 1. The van der Waals surface area contributed by atoms with Crippen LogP contribution in [0.4, 0.5) is 0 Å². The third-order valence-corrected chi connectivity index (χ3v) is 11.4. The largest absolute Gasteiger partial charge is 0.454 e. The van der Waals surface area contributed by atoms with Gasteiger partial charge in [0.25, 0.3) is 5.91 Å². The molecule has 0 unspecified atom stereocenters. The molecule has 0 spiro atoms. The van der Waals surface area contributed by atoms with E-state index in [0.717, 1.165) is 67.8 Å². The molecule has 2 saturated heterocycles. The summed E-state index contributed by atoms with van der Waals surface area (Å²) in [6.07, 6.45) is 2.00. The topological polar surface area (TPSA) is 79.4 Å². The average molecular weight is 604 g/mol. The Balaban J connectivity index is 1.04. The molecule has 0 N–H and O–H groups in total. The number of piperazine rings is 1. The summed E-state index contributed by atoms with van der Waals surface area (Å²) in [5.74, 6) is 1.17. The number of ether oxygens (including phenoxy) is 2. The molecule has 8 nitrogen and oxygen atoms in total. The molecule has 228 valence electrons. The fourth-order valence-corrected chi connectivity index (χ4v) is 8.07. The van der Waals surface area contributed by atoms with E-state index in [-0.39, 0.29) is 28.5 Å². The predicted octanol–water partition coefficient (Wildman–Crippen LogP) is 5.24. The first-order valence-corrected chi connectivity index (χ1v) is 16.7. The summed E-state index contributed by atoms with van der Waals surface area (Å²) >= 11 is 0. The molecule has 6 rings (SSSR count). The van der Waals surface area contributed by atoms with Gasteiger partial charge in [0.15, 0.2) is 11.5 Å². The number of amides is 1. The van der Waals surface area contributed by atoms with Gasteiger partial charge in [0.2, 0.25) is 16.6 Å². The van der Waals surface area contributed by atoms with E-state index in [9.17, 15) is 13.2 Å². The van der Waals surface area contributed by atoms with Crippen LogP contribution in [0.15, 0.2) is 70.5 Å². The molecule has 0 bridgehead atoms. The molecule has 3 heterocycles. The number of carbonyl (C=O) groups excluding carboxylic acids is 1. The zero-order valence-electron chi connectivity index (χ0n) is 25.5. The molecule has 43 heavy (non-hydrogen) atoms. The maximum absolute atomic E-state index is 13.3. The van der Waals surface area contributed by atoms with Crippen LogP contribution in [0.3, 0.4) is 0 Å². The molecular formula is C34H41N3O5S. The normalized spacial score (nSPS) is 20.7. The molecule has 0 aliphatic carbocycles. The van der Waals surface area contributed by atoms with Gasteiger partial charge < -0.3 is 14.4 Å². The molecule has 3 aliphatic rings. The van der Waals surface area contributed by atoms with Crippen molar-refractivity contribution < 1.29 is 22.7 Å². The van der Waals surface area contributed by atoms with Gasteiger partial charge in [0.1, 0.15) is 0 Å². The Morgan fingerprint density at radius 1 is 0.884 bits per heavy atom. The summed E-state index contributed by atoms with van der Waals surface area (Å²) in [4.78, 5) is 20.8. The molecule has 0 saturated carbocycles. The minimum atomic E-state index is -3.67. The number of rotatable bonds is 6. The Bertz CT molecular complexity index is 1600. The number of fused-ring (bicyclic) bond motifs is 1. The predicted molar refractivity (Wildman–Crippen MR) is 165 cm³/mol. The van der Waals surface area contributed by atoms with Crippen molar-refractivity contribution in [2.75, 3.05) is 39.5 Å². The van der Waals surface area contributed by atoms with Gasteiger partial charge >= 0.3 is 0 Å². The number of carbonyl (C=O) groups is 1. The van der Waals surface area contributed by atoms with Crippen LogP contribution >= 0.6 is 0 Å². The van der Waals surface area contributed by atoms with E-state index < -0.39 is 9.84 Å². The zero-order valence-corrected chi connectivity index (χ0v) is 26.3. The van der Waals surface area contributed by atoms with E-state index in [1.807, 2.05) is 36.1 Å². The molecule has 3 aromatic rings. The highest BCUT2D eigenvalue weighted by Gasteiger charge is 2.34. The molecule has 1 amide bonds. The first-order valence-electron chi connectivity index (χ1n) is 15.2.